The largest absolute Gasteiger partial charge is 0.454 e. The number of nitrogens with one attached hydrogen (secondary N) is 1. The van der Waals surface area contributed by atoms with E-state index in [0.717, 1.165) is 25.1 Å². The molecule has 1 aromatic rings. The fourth-order valence-corrected chi connectivity index (χ4v) is 3.35. The minimum absolute atomic E-state index is 0.0499. The molecule has 0 aromatic heterocycles. The Bertz CT molecular complexity index is 656. The molecule has 1 N–H and O–H groups in total. The van der Waals surface area contributed by atoms with Crippen LogP contribution in [0, 0.1) is 5.92 Å². The number of rotatable bonds is 4. The van der Waals surface area contributed by atoms with Crippen molar-refractivity contribution in [2.24, 2.45) is 5.92 Å². The molecule has 2 fully saturated rings. The maximum absolute atomic E-state index is 12.3. The summed E-state index contributed by atoms with van der Waals surface area (Å²) in [5, 5.41) is 2.91. The van der Waals surface area contributed by atoms with Crippen LogP contribution < -0.4 is 19.7 Å². The van der Waals surface area contributed by atoms with Crippen molar-refractivity contribution >= 4 is 17.5 Å². The zero-order chi connectivity index (χ0) is 16.5. The van der Waals surface area contributed by atoms with E-state index in [4.69, 9.17) is 14.2 Å². The van der Waals surface area contributed by atoms with E-state index in [2.05, 4.69) is 5.32 Å². The molecule has 2 amide bonds. The summed E-state index contributed by atoms with van der Waals surface area (Å²) in [6, 6.07) is 5.39. The van der Waals surface area contributed by atoms with Crippen LogP contribution in [0.3, 0.4) is 0 Å². The molecule has 4 rings (SSSR count). The van der Waals surface area contributed by atoms with Crippen LogP contribution in [0.25, 0.3) is 0 Å². The first-order valence-corrected chi connectivity index (χ1v) is 8.30. The van der Waals surface area contributed by atoms with Crippen molar-refractivity contribution in [2.75, 3.05) is 31.4 Å². The normalized spacial score (nSPS) is 25.3. The van der Waals surface area contributed by atoms with E-state index >= 15 is 0 Å². The van der Waals surface area contributed by atoms with Crippen LogP contribution in [0.1, 0.15) is 19.3 Å². The van der Waals surface area contributed by atoms with Crippen LogP contribution in [0.2, 0.25) is 0 Å². The molecular weight excluding hydrogens is 312 g/mol. The number of benzene rings is 1. The first kappa shape index (κ1) is 15.3. The monoisotopic (exact) mass is 332 g/mol. The molecule has 0 aliphatic carbocycles. The van der Waals surface area contributed by atoms with Crippen LogP contribution in [-0.4, -0.2) is 44.4 Å². The molecule has 0 radical (unpaired) electrons. The molecule has 7 heteroatoms. The second kappa shape index (κ2) is 6.32. The van der Waals surface area contributed by atoms with Gasteiger partial charge in [-0.05, 0) is 25.0 Å². The smallest absolute Gasteiger partial charge is 0.231 e. The first-order chi connectivity index (χ1) is 11.7. The maximum Gasteiger partial charge on any atom is 0.231 e. The van der Waals surface area contributed by atoms with Crippen LogP contribution in [0.4, 0.5) is 5.69 Å². The number of ether oxygens (including phenoxy) is 3. The topological polar surface area (TPSA) is 77.1 Å². The van der Waals surface area contributed by atoms with E-state index < -0.39 is 0 Å². The zero-order valence-corrected chi connectivity index (χ0v) is 13.3. The number of nitrogens with zero attached hydrogens (tertiary/aromatic N) is 1. The van der Waals surface area contributed by atoms with E-state index in [1.807, 2.05) is 6.07 Å². The van der Waals surface area contributed by atoms with Crippen molar-refractivity contribution in [3.8, 4) is 11.5 Å². The Morgan fingerprint density at radius 3 is 3.00 bits per heavy atom. The third kappa shape index (κ3) is 2.91. The summed E-state index contributed by atoms with van der Waals surface area (Å²) in [6.45, 7) is 1.87. The van der Waals surface area contributed by atoms with Crippen LogP contribution in [0.5, 0.6) is 11.5 Å². The van der Waals surface area contributed by atoms with Crippen molar-refractivity contribution in [1.82, 2.24) is 5.32 Å². The summed E-state index contributed by atoms with van der Waals surface area (Å²) in [5.74, 6) is 0.848. The summed E-state index contributed by atoms with van der Waals surface area (Å²) in [4.78, 5) is 26.3. The van der Waals surface area contributed by atoms with Gasteiger partial charge in [0, 0.05) is 37.9 Å². The third-order valence-electron chi connectivity index (χ3n) is 4.69. The Labute approximate surface area is 139 Å². The number of hydrogen-bond donors (Lipinski definition) is 1. The molecule has 3 aliphatic heterocycles. The molecule has 0 unspecified atom stereocenters. The Morgan fingerprint density at radius 1 is 1.29 bits per heavy atom. The Kier molecular flexibility index (Phi) is 4.02. The molecule has 3 heterocycles. The fraction of sp³-hybridized carbons (Fsp3) is 0.529. The lowest BCUT2D eigenvalue weighted by Crippen LogP contribution is -2.37. The quantitative estimate of drug-likeness (QED) is 0.892. The van der Waals surface area contributed by atoms with Gasteiger partial charge in [0.1, 0.15) is 0 Å². The summed E-state index contributed by atoms with van der Waals surface area (Å²) in [6.07, 6.45) is 2.36. The number of carbonyl (C=O) groups is 2. The number of hydrogen-bond acceptors (Lipinski definition) is 5. The molecular formula is C17H20N2O5. The van der Waals surface area contributed by atoms with Crippen LogP contribution in [0.15, 0.2) is 18.2 Å². The number of fused-ring (bicyclic) bond motifs is 1. The third-order valence-corrected chi connectivity index (χ3v) is 4.69. The number of amides is 2. The van der Waals surface area contributed by atoms with Gasteiger partial charge in [0.05, 0.1) is 12.0 Å². The molecule has 1 aromatic carbocycles. The summed E-state index contributed by atoms with van der Waals surface area (Å²) in [5.41, 5.74) is 0.735. The molecule has 128 valence electrons. The second-order valence-electron chi connectivity index (χ2n) is 6.32. The molecule has 0 saturated carbocycles. The highest BCUT2D eigenvalue weighted by Gasteiger charge is 2.36. The van der Waals surface area contributed by atoms with Crippen LogP contribution >= 0.6 is 0 Å². The van der Waals surface area contributed by atoms with Crippen molar-refractivity contribution < 1.29 is 23.8 Å². The molecule has 7 nitrogen and oxygen atoms in total. The number of anilines is 1. The van der Waals surface area contributed by atoms with E-state index in [1.165, 1.54) is 0 Å². The predicted octanol–water partition coefficient (Wildman–Crippen LogP) is 1.06. The van der Waals surface area contributed by atoms with Crippen LogP contribution in [-0.2, 0) is 14.3 Å². The Balaban J connectivity index is 1.38. The highest BCUT2D eigenvalue weighted by molar-refractivity contribution is 6.00. The van der Waals surface area contributed by atoms with E-state index in [9.17, 15) is 9.59 Å². The standard InChI is InChI=1S/C17H20N2O5/c20-16-6-11(17(21)18-8-13-2-1-5-22-13)9-19(16)12-3-4-14-15(7-12)24-10-23-14/h3-4,7,11,13H,1-2,5-6,8-10H2,(H,18,21)/t11-,13+/m0/s1. The van der Waals surface area contributed by atoms with Gasteiger partial charge in [-0.15, -0.1) is 0 Å². The Hall–Kier alpha value is -2.28. The van der Waals surface area contributed by atoms with Gasteiger partial charge in [0.2, 0.25) is 18.6 Å². The highest BCUT2D eigenvalue weighted by Crippen LogP contribution is 2.37. The van der Waals surface area contributed by atoms with Crippen molar-refractivity contribution in [1.29, 1.82) is 0 Å². The average molecular weight is 332 g/mol. The molecule has 0 spiro atoms. The predicted molar refractivity (Wildman–Crippen MR) is 85.0 cm³/mol. The fourth-order valence-electron chi connectivity index (χ4n) is 3.35. The van der Waals surface area contributed by atoms with Gasteiger partial charge in [0.25, 0.3) is 0 Å². The molecule has 24 heavy (non-hydrogen) atoms. The lowest BCUT2D eigenvalue weighted by atomic mass is 10.1. The van der Waals surface area contributed by atoms with Gasteiger partial charge in [-0.1, -0.05) is 0 Å². The van der Waals surface area contributed by atoms with Gasteiger partial charge in [-0.2, -0.15) is 0 Å². The van der Waals surface area contributed by atoms with Gasteiger partial charge in [-0.25, -0.2) is 0 Å². The summed E-state index contributed by atoms with van der Waals surface area (Å²) >= 11 is 0. The second-order valence-corrected chi connectivity index (χ2v) is 6.32. The Morgan fingerprint density at radius 2 is 2.17 bits per heavy atom. The van der Waals surface area contributed by atoms with E-state index in [-0.39, 0.29) is 37.0 Å². The lowest BCUT2D eigenvalue weighted by molar-refractivity contribution is -0.126. The van der Waals surface area contributed by atoms with Crippen molar-refractivity contribution in [3.05, 3.63) is 18.2 Å². The van der Waals surface area contributed by atoms with Crippen molar-refractivity contribution in [2.45, 2.75) is 25.4 Å². The van der Waals surface area contributed by atoms with Gasteiger partial charge in [-0.3, -0.25) is 9.59 Å². The average Bonchev–Trinajstić information content (AvgIpc) is 3.32. The molecule has 2 atom stereocenters. The molecule has 2 saturated heterocycles. The van der Waals surface area contributed by atoms with Crippen molar-refractivity contribution in [3.63, 3.8) is 0 Å². The number of carbonyl (C=O) groups excluding carboxylic acids is 2. The first-order valence-electron chi connectivity index (χ1n) is 8.30. The molecule has 3 aliphatic rings. The lowest BCUT2D eigenvalue weighted by Gasteiger charge is -2.17. The SMILES string of the molecule is O=C(NC[C@H]1CCCO1)[C@H]1CC(=O)N(c2ccc3c(c2)OCO3)C1. The minimum Gasteiger partial charge on any atom is -0.454 e. The summed E-state index contributed by atoms with van der Waals surface area (Å²) < 4.78 is 16.1. The van der Waals surface area contributed by atoms with Gasteiger partial charge >= 0.3 is 0 Å². The maximum atomic E-state index is 12.3. The summed E-state index contributed by atoms with van der Waals surface area (Å²) in [7, 11) is 0. The van der Waals surface area contributed by atoms with E-state index in [1.54, 1.807) is 17.0 Å². The zero-order valence-electron chi connectivity index (χ0n) is 13.3. The highest BCUT2D eigenvalue weighted by atomic mass is 16.7. The minimum atomic E-state index is -0.329. The van der Waals surface area contributed by atoms with E-state index in [0.29, 0.717) is 24.6 Å². The molecule has 0 bridgehead atoms. The van der Waals surface area contributed by atoms with Gasteiger partial charge < -0.3 is 24.4 Å². The van der Waals surface area contributed by atoms with Gasteiger partial charge in [0.15, 0.2) is 11.5 Å².